The smallest absolute Gasteiger partial charge is 0.0434 e. The largest absolute Gasteiger partial charge is 0.396 e. The van der Waals surface area contributed by atoms with Crippen LogP contribution in [-0.2, 0) is 0 Å². The quantitative estimate of drug-likeness (QED) is 0.433. The molecule has 8 heavy (non-hydrogen) atoms. The second-order valence-electron chi connectivity index (χ2n) is 1.53. The Morgan fingerprint density at radius 1 is 1.62 bits per heavy atom. The summed E-state index contributed by atoms with van der Waals surface area (Å²) in [6.07, 6.45) is 5.56. The van der Waals surface area contributed by atoms with Gasteiger partial charge in [-0.15, -0.1) is 5.73 Å². The van der Waals surface area contributed by atoms with E-state index in [-0.39, 0.29) is 6.61 Å². The van der Waals surface area contributed by atoms with Crippen LogP contribution >= 0.6 is 0 Å². The Bertz CT molecular complexity index is 88.6. The van der Waals surface area contributed by atoms with E-state index in [1.54, 1.807) is 0 Å². The molecule has 0 aliphatic rings. The van der Waals surface area contributed by atoms with E-state index in [9.17, 15) is 0 Å². The number of unbranched alkanes of at least 4 members (excludes halogenated alkanes) is 1. The van der Waals surface area contributed by atoms with Crippen molar-refractivity contribution in [2.45, 2.75) is 19.8 Å². The second-order valence-corrected chi connectivity index (χ2v) is 1.53. The molecule has 0 spiro atoms. The molecule has 0 unspecified atom stereocenters. The summed E-state index contributed by atoms with van der Waals surface area (Å²) in [6.45, 7) is 2.21. The molecular formula is C7H12O. The van der Waals surface area contributed by atoms with Gasteiger partial charge in [0.15, 0.2) is 0 Å². The van der Waals surface area contributed by atoms with Crippen LogP contribution in [0.15, 0.2) is 17.9 Å². The van der Waals surface area contributed by atoms with Gasteiger partial charge in [0.2, 0.25) is 0 Å². The van der Waals surface area contributed by atoms with Crippen molar-refractivity contribution < 1.29 is 5.11 Å². The first-order chi connectivity index (χ1) is 3.91. The summed E-state index contributed by atoms with van der Waals surface area (Å²) >= 11 is 0. The third-order valence-electron chi connectivity index (χ3n) is 0.791. The third-order valence-corrected chi connectivity index (χ3v) is 0.791. The Hall–Kier alpha value is -0.520. The van der Waals surface area contributed by atoms with Crippen molar-refractivity contribution in [3.8, 4) is 0 Å². The average molecular weight is 112 g/mol. The standard InChI is InChI=1S/C7H12O/c1-2-3-4-5-6-7-8/h2,4,8H,5-7H2,1H3. The van der Waals surface area contributed by atoms with Gasteiger partial charge in [-0.2, -0.15) is 0 Å². The van der Waals surface area contributed by atoms with Gasteiger partial charge in [0.05, 0.1) is 0 Å². The molecule has 0 aromatic heterocycles. The van der Waals surface area contributed by atoms with Crippen LogP contribution in [0.25, 0.3) is 0 Å². The van der Waals surface area contributed by atoms with Crippen LogP contribution in [0.5, 0.6) is 0 Å². The highest BCUT2D eigenvalue weighted by Crippen LogP contribution is 1.85. The maximum atomic E-state index is 8.31. The molecule has 0 radical (unpaired) electrons. The lowest BCUT2D eigenvalue weighted by Crippen LogP contribution is -1.76. The summed E-state index contributed by atoms with van der Waals surface area (Å²) in [5.41, 5.74) is 2.92. The number of hydrogen-bond donors (Lipinski definition) is 1. The SMILES string of the molecule is CC=C=CCCCO. The van der Waals surface area contributed by atoms with Crippen LogP contribution in [0.3, 0.4) is 0 Å². The van der Waals surface area contributed by atoms with Crippen molar-refractivity contribution in [1.82, 2.24) is 0 Å². The van der Waals surface area contributed by atoms with E-state index >= 15 is 0 Å². The maximum Gasteiger partial charge on any atom is 0.0434 e. The first-order valence-electron chi connectivity index (χ1n) is 2.88. The highest BCUT2D eigenvalue weighted by Gasteiger charge is 1.74. The molecule has 46 valence electrons. The summed E-state index contributed by atoms with van der Waals surface area (Å²) in [4.78, 5) is 0. The van der Waals surface area contributed by atoms with E-state index in [1.807, 2.05) is 19.1 Å². The number of rotatable bonds is 3. The minimum Gasteiger partial charge on any atom is -0.396 e. The summed E-state index contributed by atoms with van der Waals surface area (Å²) in [7, 11) is 0. The van der Waals surface area contributed by atoms with E-state index in [4.69, 9.17) is 5.11 Å². The molecule has 1 nitrogen and oxygen atoms in total. The molecule has 0 aromatic carbocycles. The maximum absolute atomic E-state index is 8.31. The van der Waals surface area contributed by atoms with Gasteiger partial charge in [-0.05, 0) is 31.9 Å². The van der Waals surface area contributed by atoms with Gasteiger partial charge in [-0.25, -0.2) is 0 Å². The molecule has 1 N–H and O–H groups in total. The second kappa shape index (κ2) is 6.48. The minimum atomic E-state index is 0.280. The predicted molar refractivity (Wildman–Crippen MR) is 34.6 cm³/mol. The zero-order valence-corrected chi connectivity index (χ0v) is 5.22. The molecule has 0 amide bonds. The lowest BCUT2D eigenvalue weighted by atomic mass is 10.3. The number of aliphatic hydroxyl groups is 1. The predicted octanol–water partition coefficient (Wildman–Crippen LogP) is 1.49. The number of hydrogen-bond acceptors (Lipinski definition) is 1. The molecule has 0 fully saturated rings. The normalized spacial score (nSPS) is 7.75. The number of aliphatic hydroxyl groups excluding tert-OH is 1. The zero-order valence-electron chi connectivity index (χ0n) is 5.22. The lowest BCUT2D eigenvalue weighted by Gasteiger charge is -1.82. The van der Waals surface area contributed by atoms with E-state index in [1.165, 1.54) is 0 Å². The lowest BCUT2D eigenvalue weighted by molar-refractivity contribution is 0.289. The molecule has 0 rings (SSSR count). The highest BCUT2D eigenvalue weighted by atomic mass is 16.2. The Morgan fingerprint density at radius 2 is 2.38 bits per heavy atom. The molecule has 0 bridgehead atoms. The molecule has 0 saturated carbocycles. The molecule has 0 saturated heterocycles. The van der Waals surface area contributed by atoms with Crippen molar-refractivity contribution in [2.24, 2.45) is 0 Å². The molecular weight excluding hydrogens is 100 g/mol. The molecule has 0 heterocycles. The average Bonchev–Trinajstić information content (AvgIpc) is 1.81. The van der Waals surface area contributed by atoms with Gasteiger partial charge in [0, 0.05) is 6.61 Å². The van der Waals surface area contributed by atoms with Gasteiger partial charge >= 0.3 is 0 Å². The van der Waals surface area contributed by atoms with Gasteiger partial charge in [0.25, 0.3) is 0 Å². The first kappa shape index (κ1) is 7.48. The topological polar surface area (TPSA) is 20.2 Å². The van der Waals surface area contributed by atoms with E-state index in [2.05, 4.69) is 5.73 Å². The Labute approximate surface area is 50.3 Å². The van der Waals surface area contributed by atoms with Crippen LogP contribution in [0.4, 0.5) is 0 Å². The van der Waals surface area contributed by atoms with Crippen LogP contribution in [0.2, 0.25) is 0 Å². The van der Waals surface area contributed by atoms with Crippen LogP contribution in [-0.4, -0.2) is 11.7 Å². The Balaban J connectivity index is 3.04. The summed E-state index contributed by atoms with van der Waals surface area (Å²) in [6, 6.07) is 0. The molecule has 1 heteroatoms. The van der Waals surface area contributed by atoms with E-state index in [0.29, 0.717) is 0 Å². The molecule has 0 atom stereocenters. The Morgan fingerprint density at radius 3 is 2.88 bits per heavy atom. The van der Waals surface area contributed by atoms with Crippen molar-refractivity contribution in [1.29, 1.82) is 0 Å². The summed E-state index contributed by atoms with van der Waals surface area (Å²) < 4.78 is 0. The molecule has 0 aliphatic carbocycles. The third kappa shape index (κ3) is 5.48. The van der Waals surface area contributed by atoms with Crippen LogP contribution in [0, 0.1) is 0 Å². The Kier molecular flexibility index (Phi) is 6.06. The first-order valence-corrected chi connectivity index (χ1v) is 2.88. The molecule has 0 aliphatic heterocycles. The zero-order chi connectivity index (χ0) is 6.24. The fourth-order valence-corrected chi connectivity index (χ4v) is 0.395. The summed E-state index contributed by atoms with van der Waals surface area (Å²) in [5.74, 6) is 0. The van der Waals surface area contributed by atoms with E-state index < -0.39 is 0 Å². The highest BCUT2D eigenvalue weighted by molar-refractivity contribution is 4.81. The van der Waals surface area contributed by atoms with Crippen molar-refractivity contribution in [2.75, 3.05) is 6.61 Å². The van der Waals surface area contributed by atoms with Crippen LogP contribution in [0.1, 0.15) is 19.8 Å². The summed E-state index contributed by atoms with van der Waals surface area (Å²) in [5, 5.41) is 8.31. The van der Waals surface area contributed by atoms with Gasteiger partial charge in [0.1, 0.15) is 0 Å². The van der Waals surface area contributed by atoms with Gasteiger partial charge in [-0.3, -0.25) is 0 Å². The fraction of sp³-hybridized carbons (Fsp3) is 0.571. The van der Waals surface area contributed by atoms with E-state index in [0.717, 1.165) is 12.8 Å². The van der Waals surface area contributed by atoms with Crippen molar-refractivity contribution >= 4 is 0 Å². The minimum absolute atomic E-state index is 0.280. The van der Waals surface area contributed by atoms with Crippen molar-refractivity contribution in [3.63, 3.8) is 0 Å². The van der Waals surface area contributed by atoms with Gasteiger partial charge < -0.3 is 5.11 Å². The van der Waals surface area contributed by atoms with Crippen molar-refractivity contribution in [3.05, 3.63) is 17.9 Å². The molecule has 0 aromatic rings. The van der Waals surface area contributed by atoms with Crippen LogP contribution < -0.4 is 0 Å². The fourth-order valence-electron chi connectivity index (χ4n) is 0.395. The number of allylic oxidation sites excluding steroid dienone is 1. The monoisotopic (exact) mass is 112 g/mol. The van der Waals surface area contributed by atoms with Gasteiger partial charge in [-0.1, -0.05) is 0 Å².